The molecule has 0 spiro atoms. The molecule has 1 N–H and O–H groups in total. The first-order chi connectivity index (χ1) is 9.77. The minimum Gasteiger partial charge on any atom is -0.310 e. The van der Waals surface area contributed by atoms with E-state index in [1.54, 1.807) is 12.3 Å². The molecular formula is C14H15F3IN3. The van der Waals surface area contributed by atoms with E-state index in [-0.39, 0.29) is 11.7 Å². The van der Waals surface area contributed by atoms with Crippen molar-refractivity contribution < 1.29 is 13.2 Å². The Labute approximate surface area is 134 Å². The van der Waals surface area contributed by atoms with Crippen LogP contribution >= 0.6 is 22.6 Å². The van der Waals surface area contributed by atoms with E-state index >= 15 is 0 Å². The zero-order valence-corrected chi connectivity index (χ0v) is 13.7. The third-order valence-corrected chi connectivity index (χ3v) is 3.44. The van der Waals surface area contributed by atoms with Crippen LogP contribution in [0.3, 0.4) is 0 Å². The van der Waals surface area contributed by atoms with Gasteiger partial charge < -0.3 is 5.32 Å². The van der Waals surface area contributed by atoms with Gasteiger partial charge in [-0.3, -0.25) is 0 Å². The monoisotopic (exact) mass is 409 g/mol. The standard InChI is InChI=1S/C14H15F3IN3/c1-9(2)19-6-10-3-4-13(12(5-10)14(15,16)17)21-8-11(18)7-20-21/h3-5,7-9,19H,6H2,1-2H3. The second-order valence-electron chi connectivity index (χ2n) is 4.99. The molecule has 114 valence electrons. The van der Waals surface area contributed by atoms with Crippen molar-refractivity contribution in [2.24, 2.45) is 0 Å². The van der Waals surface area contributed by atoms with Crippen molar-refractivity contribution in [3.05, 3.63) is 45.3 Å². The topological polar surface area (TPSA) is 29.9 Å². The van der Waals surface area contributed by atoms with Crippen LogP contribution in [0.4, 0.5) is 13.2 Å². The molecule has 0 atom stereocenters. The maximum atomic E-state index is 13.3. The Bertz CT molecular complexity index is 620. The van der Waals surface area contributed by atoms with Gasteiger partial charge in [-0.25, -0.2) is 4.68 Å². The molecule has 7 heteroatoms. The molecule has 0 radical (unpaired) electrons. The molecule has 0 amide bonds. The summed E-state index contributed by atoms with van der Waals surface area (Å²) in [5.74, 6) is 0. The van der Waals surface area contributed by atoms with Crippen LogP contribution in [0.2, 0.25) is 0 Å². The molecular weight excluding hydrogens is 394 g/mol. The third-order valence-electron chi connectivity index (χ3n) is 2.88. The van der Waals surface area contributed by atoms with Gasteiger partial charge in [-0.2, -0.15) is 18.3 Å². The van der Waals surface area contributed by atoms with Crippen LogP contribution in [-0.4, -0.2) is 15.8 Å². The molecule has 0 unspecified atom stereocenters. The maximum absolute atomic E-state index is 13.3. The Kier molecular flexibility index (Phi) is 4.92. The molecule has 0 bridgehead atoms. The minimum absolute atomic E-state index is 0.0405. The lowest BCUT2D eigenvalue weighted by molar-refractivity contribution is -0.137. The van der Waals surface area contributed by atoms with Crippen molar-refractivity contribution in [3.8, 4) is 5.69 Å². The van der Waals surface area contributed by atoms with E-state index in [9.17, 15) is 13.2 Å². The number of halogens is 4. The molecule has 2 rings (SSSR count). The predicted octanol–water partition coefficient (Wildman–Crippen LogP) is 3.99. The van der Waals surface area contributed by atoms with E-state index < -0.39 is 11.7 Å². The van der Waals surface area contributed by atoms with Gasteiger partial charge in [-0.1, -0.05) is 19.9 Å². The fourth-order valence-corrected chi connectivity index (χ4v) is 2.26. The zero-order chi connectivity index (χ0) is 15.6. The SMILES string of the molecule is CC(C)NCc1ccc(-n2cc(I)cn2)c(C(F)(F)F)c1. The van der Waals surface area contributed by atoms with Crippen LogP contribution in [0.1, 0.15) is 25.0 Å². The second kappa shape index (κ2) is 6.35. The average molecular weight is 409 g/mol. The number of hydrogen-bond donors (Lipinski definition) is 1. The summed E-state index contributed by atoms with van der Waals surface area (Å²) in [5.41, 5.74) is -0.0367. The first-order valence-electron chi connectivity index (χ1n) is 6.41. The van der Waals surface area contributed by atoms with Gasteiger partial charge in [-0.15, -0.1) is 0 Å². The summed E-state index contributed by atoms with van der Waals surface area (Å²) in [5, 5.41) is 7.07. The molecule has 0 aliphatic carbocycles. The number of nitrogens with one attached hydrogen (secondary N) is 1. The molecule has 0 saturated carbocycles. The molecule has 21 heavy (non-hydrogen) atoms. The predicted molar refractivity (Wildman–Crippen MR) is 83.3 cm³/mol. The number of rotatable bonds is 4. The van der Waals surface area contributed by atoms with Crippen molar-refractivity contribution in [3.63, 3.8) is 0 Å². The highest BCUT2D eigenvalue weighted by molar-refractivity contribution is 14.1. The van der Waals surface area contributed by atoms with Gasteiger partial charge in [0.2, 0.25) is 0 Å². The lowest BCUT2D eigenvalue weighted by atomic mass is 10.1. The highest BCUT2D eigenvalue weighted by atomic mass is 127. The van der Waals surface area contributed by atoms with E-state index in [0.717, 1.165) is 3.57 Å². The zero-order valence-electron chi connectivity index (χ0n) is 11.6. The number of aromatic nitrogens is 2. The van der Waals surface area contributed by atoms with Gasteiger partial charge in [0.1, 0.15) is 0 Å². The number of hydrogen-bond acceptors (Lipinski definition) is 2. The molecule has 1 aromatic carbocycles. The lowest BCUT2D eigenvalue weighted by Crippen LogP contribution is -2.22. The van der Waals surface area contributed by atoms with Crippen LogP contribution in [0, 0.1) is 3.57 Å². The summed E-state index contributed by atoms with van der Waals surface area (Å²) in [6.45, 7) is 4.30. The van der Waals surface area contributed by atoms with Crippen LogP contribution in [0.5, 0.6) is 0 Å². The summed E-state index contributed by atoms with van der Waals surface area (Å²) in [7, 11) is 0. The van der Waals surface area contributed by atoms with Gasteiger partial charge in [-0.05, 0) is 40.3 Å². The van der Waals surface area contributed by atoms with E-state index in [1.165, 1.54) is 23.0 Å². The van der Waals surface area contributed by atoms with Gasteiger partial charge in [0.15, 0.2) is 0 Å². The van der Waals surface area contributed by atoms with E-state index in [2.05, 4.69) is 10.4 Å². The minimum atomic E-state index is -4.42. The van der Waals surface area contributed by atoms with Crippen molar-refractivity contribution in [2.75, 3.05) is 0 Å². The fourth-order valence-electron chi connectivity index (χ4n) is 1.87. The van der Waals surface area contributed by atoms with E-state index in [4.69, 9.17) is 0 Å². The molecule has 0 saturated heterocycles. The molecule has 2 aromatic rings. The number of benzene rings is 1. The summed E-state index contributed by atoms with van der Waals surface area (Å²) < 4.78 is 41.8. The average Bonchev–Trinajstić information content (AvgIpc) is 2.81. The van der Waals surface area contributed by atoms with Crippen molar-refractivity contribution in [2.45, 2.75) is 32.6 Å². The summed E-state index contributed by atoms with van der Waals surface area (Å²) >= 11 is 2.01. The van der Waals surface area contributed by atoms with Crippen LogP contribution < -0.4 is 5.32 Å². The Morgan fingerprint density at radius 1 is 1.33 bits per heavy atom. The van der Waals surface area contributed by atoms with E-state index in [0.29, 0.717) is 12.1 Å². The molecule has 3 nitrogen and oxygen atoms in total. The van der Waals surface area contributed by atoms with Gasteiger partial charge in [0.25, 0.3) is 0 Å². The third kappa shape index (κ3) is 4.19. The van der Waals surface area contributed by atoms with E-state index in [1.807, 2.05) is 36.4 Å². The highest BCUT2D eigenvalue weighted by Gasteiger charge is 2.34. The second-order valence-corrected chi connectivity index (χ2v) is 6.23. The van der Waals surface area contributed by atoms with Gasteiger partial charge in [0, 0.05) is 18.8 Å². The quantitative estimate of drug-likeness (QED) is 0.775. The van der Waals surface area contributed by atoms with Gasteiger partial charge >= 0.3 is 6.18 Å². The summed E-state index contributed by atoms with van der Waals surface area (Å²) in [6, 6.07) is 4.54. The molecule has 0 fully saturated rings. The van der Waals surface area contributed by atoms with Crippen molar-refractivity contribution in [1.82, 2.24) is 15.1 Å². The number of alkyl halides is 3. The summed E-state index contributed by atoms with van der Waals surface area (Å²) in [4.78, 5) is 0. The van der Waals surface area contributed by atoms with Crippen molar-refractivity contribution in [1.29, 1.82) is 0 Å². The molecule has 1 heterocycles. The van der Waals surface area contributed by atoms with Crippen molar-refractivity contribution >= 4 is 22.6 Å². The Hall–Kier alpha value is -1.09. The Morgan fingerprint density at radius 2 is 2.05 bits per heavy atom. The maximum Gasteiger partial charge on any atom is 0.418 e. The molecule has 1 aromatic heterocycles. The number of nitrogens with zero attached hydrogens (tertiary/aromatic N) is 2. The highest BCUT2D eigenvalue weighted by Crippen LogP contribution is 2.34. The summed E-state index contributed by atoms with van der Waals surface area (Å²) in [6.07, 6.45) is -1.33. The lowest BCUT2D eigenvalue weighted by Gasteiger charge is -2.15. The van der Waals surface area contributed by atoms with Crippen LogP contribution in [-0.2, 0) is 12.7 Å². The van der Waals surface area contributed by atoms with Gasteiger partial charge in [0.05, 0.1) is 21.0 Å². The fraction of sp³-hybridized carbons (Fsp3) is 0.357. The first-order valence-corrected chi connectivity index (χ1v) is 7.49. The molecule has 0 aliphatic heterocycles. The Morgan fingerprint density at radius 3 is 2.57 bits per heavy atom. The first kappa shape index (κ1) is 16.3. The normalized spacial score (nSPS) is 12.1. The van der Waals surface area contributed by atoms with Crippen LogP contribution in [0.25, 0.3) is 5.69 Å². The smallest absolute Gasteiger partial charge is 0.310 e. The molecule has 0 aliphatic rings. The Balaban J connectivity index is 2.41. The largest absolute Gasteiger partial charge is 0.418 e. The van der Waals surface area contributed by atoms with Crippen LogP contribution in [0.15, 0.2) is 30.6 Å².